The van der Waals surface area contributed by atoms with E-state index < -0.39 is 6.10 Å². The van der Waals surface area contributed by atoms with E-state index in [0.29, 0.717) is 6.42 Å². The minimum absolute atomic E-state index is 0.00699. The van der Waals surface area contributed by atoms with Gasteiger partial charge in [-0.2, -0.15) is 0 Å². The van der Waals surface area contributed by atoms with Gasteiger partial charge in [0, 0.05) is 19.1 Å². The summed E-state index contributed by atoms with van der Waals surface area (Å²) in [6.07, 6.45) is 13.5. The molecule has 0 heterocycles. The van der Waals surface area contributed by atoms with Crippen LogP contribution in [0.3, 0.4) is 0 Å². The third-order valence-electron chi connectivity index (χ3n) is 7.56. The molecule has 0 saturated carbocycles. The highest BCUT2D eigenvalue weighted by Gasteiger charge is 2.06. The Balaban J connectivity index is -0.000000216. The molecule has 40 heavy (non-hydrogen) atoms. The molecule has 0 fully saturated rings. The second-order valence-electron chi connectivity index (χ2n) is 11.2. The lowest BCUT2D eigenvalue weighted by atomic mass is 9.94. The van der Waals surface area contributed by atoms with Crippen LogP contribution < -0.4 is 0 Å². The van der Waals surface area contributed by atoms with Crippen molar-refractivity contribution in [2.45, 2.75) is 145 Å². The first-order chi connectivity index (χ1) is 18.9. The predicted molar refractivity (Wildman–Crippen MR) is 180 cm³/mol. The second-order valence-corrected chi connectivity index (χ2v) is 11.2. The lowest BCUT2D eigenvalue weighted by molar-refractivity contribution is 0.0884. The molecule has 0 aromatic heterocycles. The smallest absolute Gasteiger partial charge is 0.0774 e. The summed E-state index contributed by atoms with van der Waals surface area (Å²) >= 11 is 0. The van der Waals surface area contributed by atoms with Crippen LogP contribution in [0.2, 0.25) is 0 Å². The van der Waals surface area contributed by atoms with Crippen LogP contribution in [0.15, 0.2) is 48.6 Å². The molecule has 0 aromatic carbocycles. The number of aliphatic hydroxyl groups excluding tert-OH is 4. The Morgan fingerprint density at radius 3 is 1.20 bits per heavy atom. The van der Waals surface area contributed by atoms with Crippen LogP contribution in [0.4, 0.5) is 0 Å². The molecule has 0 amide bonds. The van der Waals surface area contributed by atoms with Crippen LogP contribution in [0.1, 0.15) is 139 Å². The van der Waals surface area contributed by atoms with Crippen LogP contribution in [-0.4, -0.2) is 46.4 Å². The van der Waals surface area contributed by atoms with Gasteiger partial charge in [0.2, 0.25) is 0 Å². The Labute approximate surface area is 251 Å². The standard InChI is InChI=1S/2C10H20.2C8H16O2/c1-5-9(3)7-8-10(4)6-2;1-5-9(4)8-10(6-2)7-3;1-3-7(2)4-8(5-9)6-10;1-3-7(2)4-5-8(10)6-9/h10H,3,5-8H2,1-2,4H3;10H,4-8H2,1-3H3;2*8-10H,2-6H2,1H3. The molecule has 0 aliphatic heterocycles. The van der Waals surface area contributed by atoms with E-state index in [9.17, 15) is 0 Å². The number of hydrogen-bond acceptors (Lipinski definition) is 4. The molecule has 4 heteroatoms. The molecular formula is C36H72O4. The van der Waals surface area contributed by atoms with Crippen molar-refractivity contribution in [3.63, 3.8) is 0 Å². The van der Waals surface area contributed by atoms with E-state index in [1.54, 1.807) is 0 Å². The zero-order valence-corrected chi connectivity index (χ0v) is 28.2. The van der Waals surface area contributed by atoms with Crippen LogP contribution in [-0.2, 0) is 0 Å². The summed E-state index contributed by atoms with van der Waals surface area (Å²) in [5, 5.41) is 34.7. The van der Waals surface area contributed by atoms with Gasteiger partial charge in [0.15, 0.2) is 0 Å². The summed E-state index contributed by atoms with van der Waals surface area (Å²) in [6, 6.07) is 0. The molecule has 0 radical (unpaired) electrons. The van der Waals surface area contributed by atoms with Crippen LogP contribution >= 0.6 is 0 Å². The van der Waals surface area contributed by atoms with Crippen molar-refractivity contribution in [1.82, 2.24) is 0 Å². The van der Waals surface area contributed by atoms with Crippen LogP contribution in [0.25, 0.3) is 0 Å². The number of rotatable bonds is 20. The molecule has 0 bridgehead atoms. The molecule has 0 aliphatic rings. The lowest BCUT2D eigenvalue weighted by Gasteiger charge is -2.12. The first-order valence-electron chi connectivity index (χ1n) is 16.1. The number of aliphatic hydroxyl groups is 4. The molecular weight excluding hydrogens is 496 g/mol. The number of allylic oxidation sites excluding steroid dienone is 4. The highest BCUT2D eigenvalue weighted by molar-refractivity contribution is 4.95. The Morgan fingerprint density at radius 2 is 0.900 bits per heavy atom. The van der Waals surface area contributed by atoms with Gasteiger partial charge in [-0.15, -0.1) is 0 Å². The van der Waals surface area contributed by atoms with E-state index in [-0.39, 0.29) is 25.7 Å². The fraction of sp³-hybridized carbons (Fsp3) is 0.778. The molecule has 0 spiro atoms. The summed E-state index contributed by atoms with van der Waals surface area (Å²) in [6.45, 7) is 33.0. The van der Waals surface area contributed by atoms with Gasteiger partial charge in [-0.3, -0.25) is 0 Å². The van der Waals surface area contributed by atoms with Gasteiger partial charge >= 0.3 is 0 Å². The van der Waals surface area contributed by atoms with Gasteiger partial charge in [-0.1, -0.05) is 123 Å². The zero-order valence-electron chi connectivity index (χ0n) is 28.2. The normalized spacial score (nSPS) is 11.8. The van der Waals surface area contributed by atoms with Gasteiger partial charge in [0.05, 0.1) is 12.7 Å². The summed E-state index contributed by atoms with van der Waals surface area (Å²) in [7, 11) is 0. The maximum atomic E-state index is 8.91. The Hall–Kier alpha value is -1.20. The lowest BCUT2D eigenvalue weighted by Crippen LogP contribution is -2.11. The van der Waals surface area contributed by atoms with E-state index in [4.69, 9.17) is 20.4 Å². The predicted octanol–water partition coefficient (Wildman–Crippen LogP) is 9.59. The monoisotopic (exact) mass is 569 g/mol. The Kier molecular flexibility index (Phi) is 38.9. The van der Waals surface area contributed by atoms with Crippen molar-refractivity contribution in [1.29, 1.82) is 0 Å². The summed E-state index contributed by atoms with van der Waals surface area (Å²) in [5.74, 6) is 1.75. The molecule has 2 atom stereocenters. The van der Waals surface area contributed by atoms with Crippen molar-refractivity contribution >= 4 is 0 Å². The maximum absolute atomic E-state index is 8.91. The van der Waals surface area contributed by atoms with Gasteiger partial charge in [0.25, 0.3) is 0 Å². The average Bonchev–Trinajstić information content (AvgIpc) is 2.99. The van der Waals surface area contributed by atoms with E-state index in [1.165, 1.54) is 49.7 Å². The van der Waals surface area contributed by atoms with Gasteiger partial charge in [0.1, 0.15) is 0 Å². The van der Waals surface area contributed by atoms with Crippen molar-refractivity contribution in [3.8, 4) is 0 Å². The molecule has 0 saturated heterocycles. The first-order valence-corrected chi connectivity index (χ1v) is 16.1. The quantitative estimate of drug-likeness (QED) is 0.110. The fourth-order valence-corrected chi connectivity index (χ4v) is 3.34. The van der Waals surface area contributed by atoms with Crippen LogP contribution in [0, 0.1) is 17.8 Å². The molecule has 2 unspecified atom stereocenters. The van der Waals surface area contributed by atoms with E-state index in [2.05, 4.69) is 67.9 Å². The average molecular weight is 569 g/mol. The molecule has 240 valence electrons. The topological polar surface area (TPSA) is 80.9 Å². The third kappa shape index (κ3) is 34.8. The van der Waals surface area contributed by atoms with Crippen molar-refractivity contribution in [3.05, 3.63) is 48.6 Å². The Bertz CT molecular complexity index is 536. The molecule has 4 N–H and O–H groups in total. The minimum atomic E-state index is -0.566. The minimum Gasteiger partial charge on any atom is -0.396 e. The highest BCUT2D eigenvalue weighted by Crippen LogP contribution is 2.18. The SMILES string of the molecule is C=C(CC)CC(CC)CC.C=C(CC)CC(CO)CO.C=C(CC)CCC(C)CC.C=C(CC)CCC(O)CO. The van der Waals surface area contributed by atoms with E-state index >= 15 is 0 Å². The fourth-order valence-electron chi connectivity index (χ4n) is 3.34. The largest absolute Gasteiger partial charge is 0.396 e. The van der Waals surface area contributed by atoms with Gasteiger partial charge in [-0.05, 0) is 76.0 Å². The molecule has 0 aromatic rings. The zero-order chi connectivity index (χ0) is 31.9. The molecule has 4 nitrogen and oxygen atoms in total. The molecule has 0 aliphatic carbocycles. The van der Waals surface area contributed by atoms with Gasteiger partial charge < -0.3 is 20.4 Å². The maximum Gasteiger partial charge on any atom is 0.0774 e. The van der Waals surface area contributed by atoms with Gasteiger partial charge in [-0.25, -0.2) is 0 Å². The summed E-state index contributed by atoms with van der Waals surface area (Å²) in [4.78, 5) is 0. The van der Waals surface area contributed by atoms with Crippen molar-refractivity contribution in [2.75, 3.05) is 19.8 Å². The van der Waals surface area contributed by atoms with Crippen molar-refractivity contribution < 1.29 is 20.4 Å². The summed E-state index contributed by atoms with van der Waals surface area (Å²) in [5.41, 5.74) is 5.04. The number of hydrogen-bond donors (Lipinski definition) is 4. The first kappa shape index (κ1) is 45.8. The van der Waals surface area contributed by atoms with E-state index in [0.717, 1.165) is 61.5 Å². The Morgan fingerprint density at radius 1 is 0.525 bits per heavy atom. The second kappa shape index (κ2) is 34.0. The molecule has 0 rings (SSSR count). The third-order valence-corrected chi connectivity index (χ3v) is 7.56. The summed E-state index contributed by atoms with van der Waals surface area (Å²) < 4.78 is 0. The van der Waals surface area contributed by atoms with Crippen LogP contribution in [0.5, 0.6) is 0 Å². The highest BCUT2D eigenvalue weighted by atomic mass is 16.3. The van der Waals surface area contributed by atoms with E-state index in [1.807, 2.05) is 13.8 Å². The van der Waals surface area contributed by atoms with Crippen molar-refractivity contribution in [2.24, 2.45) is 17.8 Å².